The minimum atomic E-state index is -0.114. The Morgan fingerprint density at radius 1 is 1.19 bits per heavy atom. The standard InChI is InChI=1S/C20H23N5OS/c1-13(2)15-7-9-17(10-8-15)22-18(26)12-27-20-24-23-19(25(20)21)16-6-4-5-14(3)11-16/h4-11,13H,12,21H2,1-3H3,(H,22,26). The Labute approximate surface area is 163 Å². The molecule has 0 aliphatic carbocycles. The van der Waals surface area contributed by atoms with E-state index in [-0.39, 0.29) is 11.7 Å². The van der Waals surface area contributed by atoms with Crippen LogP contribution in [0.5, 0.6) is 0 Å². The number of nitrogens with one attached hydrogen (secondary N) is 1. The minimum absolute atomic E-state index is 0.114. The fraction of sp³-hybridized carbons (Fsp3) is 0.250. The maximum absolute atomic E-state index is 12.2. The normalized spacial score (nSPS) is 11.0. The number of hydrogen-bond donors (Lipinski definition) is 2. The van der Waals surface area contributed by atoms with Crippen LogP contribution >= 0.6 is 11.8 Å². The van der Waals surface area contributed by atoms with Crippen molar-refractivity contribution in [2.75, 3.05) is 16.9 Å². The first-order chi connectivity index (χ1) is 12.9. The van der Waals surface area contributed by atoms with Crippen molar-refractivity contribution in [2.45, 2.75) is 31.8 Å². The van der Waals surface area contributed by atoms with E-state index >= 15 is 0 Å². The minimum Gasteiger partial charge on any atom is -0.335 e. The van der Waals surface area contributed by atoms with Gasteiger partial charge in [-0.3, -0.25) is 4.79 Å². The van der Waals surface area contributed by atoms with E-state index in [2.05, 4.69) is 29.4 Å². The zero-order valence-electron chi connectivity index (χ0n) is 15.6. The van der Waals surface area contributed by atoms with Crippen molar-refractivity contribution in [1.29, 1.82) is 0 Å². The van der Waals surface area contributed by atoms with Gasteiger partial charge in [0.2, 0.25) is 11.1 Å². The molecular formula is C20H23N5OS. The fourth-order valence-corrected chi connectivity index (χ4v) is 3.29. The van der Waals surface area contributed by atoms with Gasteiger partial charge in [0, 0.05) is 11.3 Å². The average molecular weight is 382 g/mol. The smallest absolute Gasteiger partial charge is 0.234 e. The molecule has 1 aromatic heterocycles. The number of nitrogens with two attached hydrogens (primary N) is 1. The number of rotatable bonds is 6. The van der Waals surface area contributed by atoms with Gasteiger partial charge in [-0.1, -0.05) is 61.5 Å². The number of benzene rings is 2. The summed E-state index contributed by atoms with van der Waals surface area (Å²) in [5.41, 5.74) is 4.03. The predicted molar refractivity (Wildman–Crippen MR) is 110 cm³/mol. The Morgan fingerprint density at radius 2 is 1.93 bits per heavy atom. The van der Waals surface area contributed by atoms with Crippen LogP contribution in [0.1, 0.15) is 30.9 Å². The highest BCUT2D eigenvalue weighted by molar-refractivity contribution is 7.99. The van der Waals surface area contributed by atoms with Gasteiger partial charge in [-0.05, 0) is 36.6 Å². The highest BCUT2D eigenvalue weighted by Gasteiger charge is 2.14. The maximum Gasteiger partial charge on any atom is 0.234 e. The number of carbonyl (C=O) groups is 1. The molecule has 7 heteroatoms. The lowest BCUT2D eigenvalue weighted by Crippen LogP contribution is -2.16. The van der Waals surface area contributed by atoms with Gasteiger partial charge in [0.25, 0.3) is 0 Å². The summed E-state index contributed by atoms with van der Waals surface area (Å²) < 4.78 is 1.42. The van der Waals surface area contributed by atoms with Crippen LogP contribution in [0.2, 0.25) is 0 Å². The van der Waals surface area contributed by atoms with E-state index < -0.39 is 0 Å². The molecule has 3 rings (SSSR count). The molecule has 0 aliphatic rings. The van der Waals surface area contributed by atoms with Gasteiger partial charge in [0.15, 0.2) is 5.82 Å². The molecule has 0 unspecified atom stereocenters. The summed E-state index contributed by atoms with van der Waals surface area (Å²) in [5.74, 6) is 7.23. The number of nitrogens with zero attached hydrogens (tertiary/aromatic N) is 3. The molecule has 0 saturated carbocycles. The van der Waals surface area contributed by atoms with E-state index in [0.717, 1.165) is 16.8 Å². The predicted octanol–water partition coefficient (Wildman–Crippen LogP) is 3.82. The van der Waals surface area contributed by atoms with E-state index in [1.54, 1.807) is 0 Å². The number of anilines is 1. The third-order valence-corrected chi connectivity index (χ3v) is 5.08. The molecule has 0 radical (unpaired) electrons. The van der Waals surface area contributed by atoms with Crippen LogP contribution in [0.4, 0.5) is 5.69 Å². The highest BCUT2D eigenvalue weighted by atomic mass is 32.2. The number of thioether (sulfide) groups is 1. The van der Waals surface area contributed by atoms with E-state index in [9.17, 15) is 4.79 Å². The van der Waals surface area contributed by atoms with Crippen molar-refractivity contribution in [3.63, 3.8) is 0 Å². The van der Waals surface area contributed by atoms with Crippen molar-refractivity contribution in [2.24, 2.45) is 0 Å². The summed E-state index contributed by atoms with van der Waals surface area (Å²) in [7, 11) is 0. The van der Waals surface area contributed by atoms with Gasteiger partial charge in [-0.15, -0.1) is 10.2 Å². The number of aryl methyl sites for hydroxylation is 1. The Kier molecular flexibility index (Phi) is 5.81. The monoisotopic (exact) mass is 381 g/mol. The van der Waals surface area contributed by atoms with Crippen molar-refractivity contribution in [1.82, 2.24) is 14.9 Å². The van der Waals surface area contributed by atoms with Gasteiger partial charge < -0.3 is 11.2 Å². The number of aromatic nitrogens is 3. The lowest BCUT2D eigenvalue weighted by atomic mass is 10.0. The van der Waals surface area contributed by atoms with Crippen molar-refractivity contribution in [3.8, 4) is 11.4 Å². The van der Waals surface area contributed by atoms with E-state index in [1.807, 2.05) is 55.5 Å². The Hall–Kier alpha value is -2.80. The fourth-order valence-electron chi connectivity index (χ4n) is 2.63. The third-order valence-electron chi connectivity index (χ3n) is 4.13. The summed E-state index contributed by atoms with van der Waals surface area (Å²) in [5, 5.41) is 11.6. The van der Waals surface area contributed by atoms with Gasteiger partial charge in [-0.25, -0.2) is 4.68 Å². The summed E-state index contributed by atoms with van der Waals surface area (Å²) in [6, 6.07) is 15.8. The van der Waals surface area contributed by atoms with Gasteiger partial charge in [0.1, 0.15) is 0 Å². The molecule has 27 heavy (non-hydrogen) atoms. The number of hydrogen-bond acceptors (Lipinski definition) is 5. The quantitative estimate of drug-likeness (QED) is 0.501. The van der Waals surface area contributed by atoms with Crippen LogP contribution in [-0.4, -0.2) is 26.5 Å². The maximum atomic E-state index is 12.2. The molecule has 6 nitrogen and oxygen atoms in total. The van der Waals surface area contributed by atoms with Crippen molar-refractivity contribution >= 4 is 23.4 Å². The Bertz CT molecular complexity index is 934. The lowest BCUT2D eigenvalue weighted by molar-refractivity contribution is -0.113. The van der Waals surface area contributed by atoms with E-state index in [4.69, 9.17) is 5.84 Å². The first kappa shape index (κ1) is 19.0. The topological polar surface area (TPSA) is 85.8 Å². The van der Waals surface area contributed by atoms with Gasteiger partial charge in [0.05, 0.1) is 5.75 Å². The van der Waals surface area contributed by atoms with Crippen LogP contribution in [0.25, 0.3) is 11.4 Å². The van der Waals surface area contributed by atoms with E-state index in [0.29, 0.717) is 16.9 Å². The summed E-state index contributed by atoms with van der Waals surface area (Å²) in [4.78, 5) is 12.2. The summed E-state index contributed by atoms with van der Waals surface area (Å²) >= 11 is 1.25. The van der Waals surface area contributed by atoms with E-state index in [1.165, 1.54) is 22.0 Å². The SMILES string of the molecule is Cc1cccc(-c2nnc(SCC(=O)Nc3ccc(C(C)C)cc3)n2N)c1. The van der Waals surface area contributed by atoms with Crippen LogP contribution < -0.4 is 11.2 Å². The van der Waals surface area contributed by atoms with Crippen molar-refractivity contribution in [3.05, 3.63) is 59.7 Å². The molecule has 0 fully saturated rings. The summed E-state index contributed by atoms with van der Waals surface area (Å²) in [6.45, 7) is 6.28. The third kappa shape index (κ3) is 4.68. The Morgan fingerprint density at radius 3 is 2.59 bits per heavy atom. The van der Waals surface area contributed by atoms with Crippen LogP contribution in [-0.2, 0) is 4.79 Å². The van der Waals surface area contributed by atoms with Gasteiger partial charge in [-0.2, -0.15) is 0 Å². The lowest BCUT2D eigenvalue weighted by Gasteiger charge is -2.08. The summed E-state index contributed by atoms with van der Waals surface area (Å²) in [6.07, 6.45) is 0. The zero-order valence-corrected chi connectivity index (χ0v) is 16.5. The molecule has 0 saturated heterocycles. The molecule has 1 heterocycles. The van der Waals surface area contributed by atoms with Crippen LogP contribution in [0.3, 0.4) is 0 Å². The average Bonchev–Trinajstić information content (AvgIpc) is 3.01. The molecule has 3 N–H and O–H groups in total. The molecule has 3 aromatic rings. The van der Waals surface area contributed by atoms with Crippen LogP contribution in [0, 0.1) is 6.92 Å². The molecule has 2 aromatic carbocycles. The first-order valence-corrected chi connectivity index (χ1v) is 9.72. The molecule has 0 atom stereocenters. The number of carbonyl (C=O) groups excluding carboxylic acids is 1. The molecule has 0 bridgehead atoms. The second-order valence-electron chi connectivity index (χ2n) is 6.66. The second kappa shape index (κ2) is 8.26. The zero-order chi connectivity index (χ0) is 19.4. The first-order valence-electron chi connectivity index (χ1n) is 8.74. The van der Waals surface area contributed by atoms with Crippen molar-refractivity contribution < 1.29 is 4.79 Å². The number of nitrogen functional groups attached to an aromatic ring is 1. The molecular weight excluding hydrogens is 358 g/mol. The second-order valence-corrected chi connectivity index (χ2v) is 7.60. The molecule has 140 valence electrons. The highest BCUT2D eigenvalue weighted by Crippen LogP contribution is 2.23. The Balaban J connectivity index is 1.61. The van der Waals surface area contributed by atoms with Gasteiger partial charge >= 0.3 is 0 Å². The number of amides is 1. The molecule has 0 aliphatic heterocycles. The molecule has 0 spiro atoms. The molecule has 1 amide bonds. The largest absolute Gasteiger partial charge is 0.335 e. The van der Waals surface area contributed by atoms with Crippen LogP contribution in [0.15, 0.2) is 53.7 Å².